The first-order chi connectivity index (χ1) is 13.7. The first-order valence-electron chi connectivity index (χ1n) is 9.75. The van der Waals surface area contributed by atoms with Crippen LogP contribution in [0.1, 0.15) is 40.8 Å². The summed E-state index contributed by atoms with van der Waals surface area (Å²) in [6, 6.07) is 8.85. The van der Waals surface area contributed by atoms with Crippen LogP contribution >= 0.6 is 12.4 Å². The van der Waals surface area contributed by atoms with Crippen LogP contribution in [0.4, 0.5) is 0 Å². The number of hydrogen-bond acceptors (Lipinski definition) is 5. The van der Waals surface area contributed by atoms with Gasteiger partial charge in [-0.15, -0.1) is 22.6 Å². The predicted octanol–water partition coefficient (Wildman–Crippen LogP) is 1.66. The number of rotatable bonds is 2. The predicted molar refractivity (Wildman–Crippen MR) is 111 cm³/mol. The van der Waals surface area contributed by atoms with E-state index in [4.69, 9.17) is 0 Å². The van der Waals surface area contributed by atoms with Crippen molar-refractivity contribution >= 4 is 29.2 Å². The lowest BCUT2D eigenvalue weighted by Gasteiger charge is -2.32. The zero-order valence-electron chi connectivity index (χ0n) is 15.9. The molecule has 2 aliphatic heterocycles. The van der Waals surface area contributed by atoms with E-state index in [0.29, 0.717) is 30.1 Å². The standard InChI is InChI=1S/C20H22N6O2.ClH/c27-18-11-15(14-3-1-2-4-16(14)22-18)20(28)25-8-5-13(6-9-25)19-24-23-17-12-21-7-10-26(17)19;/h1-4,11,13,21H,5-10,12H2,(H,22,27);1H. The van der Waals surface area contributed by atoms with Crippen molar-refractivity contribution in [3.05, 3.63) is 57.9 Å². The molecule has 0 unspecified atom stereocenters. The van der Waals surface area contributed by atoms with Gasteiger partial charge in [0.1, 0.15) is 11.6 Å². The third-order valence-corrected chi connectivity index (χ3v) is 5.78. The van der Waals surface area contributed by atoms with Gasteiger partial charge >= 0.3 is 0 Å². The van der Waals surface area contributed by atoms with E-state index >= 15 is 0 Å². The molecule has 9 heteroatoms. The smallest absolute Gasteiger partial charge is 0.254 e. The molecule has 2 N–H and O–H groups in total. The summed E-state index contributed by atoms with van der Waals surface area (Å²) in [7, 11) is 0. The van der Waals surface area contributed by atoms with Gasteiger partial charge in [0.15, 0.2) is 0 Å². The third-order valence-electron chi connectivity index (χ3n) is 5.78. The summed E-state index contributed by atoms with van der Waals surface area (Å²) < 4.78 is 2.23. The van der Waals surface area contributed by atoms with Gasteiger partial charge in [0, 0.05) is 49.1 Å². The molecule has 0 spiro atoms. The number of pyridine rings is 1. The topological polar surface area (TPSA) is 95.9 Å². The fraction of sp³-hybridized carbons (Fsp3) is 0.400. The number of para-hydroxylation sites is 1. The Morgan fingerprint density at radius 3 is 2.72 bits per heavy atom. The summed E-state index contributed by atoms with van der Waals surface area (Å²) in [4.78, 5) is 29.8. The average Bonchev–Trinajstić information content (AvgIpc) is 3.17. The molecule has 2 aliphatic rings. The molecule has 1 amide bonds. The minimum absolute atomic E-state index is 0. The van der Waals surface area contributed by atoms with E-state index in [0.717, 1.165) is 49.5 Å². The molecule has 0 aliphatic carbocycles. The van der Waals surface area contributed by atoms with Crippen LogP contribution in [-0.4, -0.2) is 50.2 Å². The zero-order chi connectivity index (χ0) is 19.1. The first kappa shape index (κ1) is 19.6. The van der Waals surface area contributed by atoms with Crippen LogP contribution in [0, 0.1) is 0 Å². The highest BCUT2D eigenvalue weighted by molar-refractivity contribution is 6.05. The molecule has 2 aromatic heterocycles. The number of carbonyl (C=O) groups is 1. The van der Waals surface area contributed by atoms with E-state index in [1.165, 1.54) is 6.07 Å². The van der Waals surface area contributed by atoms with Crippen LogP contribution in [0.3, 0.4) is 0 Å². The molecule has 29 heavy (non-hydrogen) atoms. The van der Waals surface area contributed by atoms with E-state index in [1.807, 2.05) is 29.2 Å². The van der Waals surface area contributed by atoms with Crippen LogP contribution in [0.15, 0.2) is 35.1 Å². The maximum Gasteiger partial charge on any atom is 0.254 e. The van der Waals surface area contributed by atoms with Crippen molar-refractivity contribution < 1.29 is 4.79 Å². The number of aromatic nitrogens is 4. The Morgan fingerprint density at radius 1 is 1.10 bits per heavy atom. The molecular weight excluding hydrogens is 392 g/mol. The number of amides is 1. The molecular formula is C20H23ClN6O2. The number of nitrogens with one attached hydrogen (secondary N) is 2. The highest BCUT2D eigenvalue weighted by atomic mass is 35.5. The summed E-state index contributed by atoms with van der Waals surface area (Å²) in [5.41, 5.74) is 0.918. The molecule has 5 rings (SSSR count). The van der Waals surface area contributed by atoms with Crippen molar-refractivity contribution in [2.45, 2.75) is 31.8 Å². The van der Waals surface area contributed by atoms with Crippen LogP contribution in [0.25, 0.3) is 10.9 Å². The molecule has 0 atom stereocenters. The molecule has 8 nitrogen and oxygen atoms in total. The van der Waals surface area contributed by atoms with Gasteiger partial charge in [-0.05, 0) is 18.9 Å². The number of nitrogens with zero attached hydrogens (tertiary/aromatic N) is 4. The molecule has 0 bridgehead atoms. The Kier molecular flexibility index (Phi) is 5.38. The number of carbonyl (C=O) groups excluding carboxylic acids is 1. The first-order valence-corrected chi connectivity index (χ1v) is 9.75. The highest BCUT2D eigenvalue weighted by Gasteiger charge is 2.29. The number of likely N-dealkylation sites (tertiary alicyclic amines) is 1. The van der Waals surface area contributed by atoms with Gasteiger partial charge in [-0.3, -0.25) is 9.59 Å². The van der Waals surface area contributed by atoms with Gasteiger partial charge < -0.3 is 19.8 Å². The van der Waals surface area contributed by atoms with Crippen LogP contribution in [-0.2, 0) is 13.1 Å². The second-order valence-electron chi connectivity index (χ2n) is 7.46. The monoisotopic (exact) mass is 414 g/mol. The molecule has 1 fully saturated rings. The number of piperidine rings is 1. The van der Waals surface area contributed by atoms with Gasteiger partial charge in [0.05, 0.1) is 12.1 Å². The fourth-order valence-corrected chi connectivity index (χ4v) is 4.31. The average molecular weight is 415 g/mol. The maximum absolute atomic E-state index is 13.1. The van der Waals surface area contributed by atoms with E-state index in [2.05, 4.69) is 25.1 Å². The molecule has 4 heterocycles. The molecule has 3 aromatic rings. The van der Waals surface area contributed by atoms with Crippen LogP contribution in [0.5, 0.6) is 0 Å². The van der Waals surface area contributed by atoms with Crippen molar-refractivity contribution in [2.24, 2.45) is 0 Å². The number of benzene rings is 1. The molecule has 0 radical (unpaired) electrons. The quantitative estimate of drug-likeness (QED) is 0.665. The van der Waals surface area contributed by atoms with E-state index in [-0.39, 0.29) is 23.9 Å². The highest BCUT2D eigenvalue weighted by Crippen LogP contribution is 2.29. The summed E-state index contributed by atoms with van der Waals surface area (Å²) >= 11 is 0. The summed E-state index contributed by atoms with van der Waals surface area (Å²) in [6.07, 6.45) is 1.72. The Labute approximate surface area is 173 Å². The summed E-state index contributed by atoms with van der Waals surface area (Å²) in [6.45, 7) is 3.91. The van der Waals surface area contributed by atoms with Crippen molar-refractivity contribution in [3.8, 4) is 0 Å². The fourth-order valence-electron chi connectivity index (χ4n) is 4.31. The van der Waals surface area contributed by atoms with Crippen molar-refractivity contribution in [2.75, 3.05) is 19.6 Å². The van der Waals surface area contributed by atoms with Gasteiger partial charge in [-0.25, -0.2) is 0 Å². The molecule has 1 saturated heterocycles. The number of fused-ring (bicyclic) bond motifs is 2. The van der Waals surface area contributed by atoms with E-state index < -0.39 is 0 Å². The maximum atomic E-state index is 13.1. The lowest BCUT2D eigenvalue weighted by molar-refractivity contribution is 0.0712. The molecule has 1 aromatic carbocycles. The Morgan fingerprint density at radius 2 is 1.90 bits per heavy atom. The Balaban J connectivity index is 0.00000205. The Bertz CT molecular complexity index is 1100. The van der Waals surface area contributed by atoms with E-state index in [9.17, 15) is 9.59 Å². The number of halogens is 1. The molecule has 0 saturated carbocycles. The number of hydrogen-bond donors (Lipinski definition) is 2. The second-order valence-corrected chi connectivity index (χ2v) is 7.46. The van der Waals surface area contributed by atoms with Gasteiger partial charge in [-0.2, -0.15) is 0 Å². The summed E-state index contributed by atoms with van der Waals surface area (Å²) in [5, 5.41) is 12.8. The van der Waals surface area contributed by atoms with Gasteiger partial charge in [0.25, 0.3) is 5.91 Å². The minimum atomic E-state index is -0.249. The van der Waals surface area contributed by atoms with Crippen molar-refractivity contribution in [3.63, 3.8) is 0 Å². The molecule has 152 valence electrons. The number of aromatic amines is 1. The van der Waals surface area contributed by atoms with Crippen LogP contribution in [0.2, 0.25) is 0 Å². The third kappa shape index (κ3) is 3.54. The van der Waals surface area contributed by atoms with Crippen LogP contribution < -0.4 is 10.9 Å². The SMILES string of the molecule is Cl.O=C(c1cc(=O)[nH]c2ccccc12)N1CCC(c2nnc3n2CCNC3)CC1. The van der Waals surface area contributed by atoms with E-state index in [1.54, 1.807) is 0 Å². The van der Waals surface area contributed by atoms with Gasteiger partial charge in [-0.1, -0.05) is 18.2 Å². The normalized spacial score (nSPS) is 17.0. The minimum Gasteiger partial charge on any atom is -0.339 e. The Hall–Kier alpha value is -2.71. The largest absolute Gasteiger partial charge is 0.339 e. The summed E-state index contributed by atoms with van der Waals surface area (Å²) in [5.74, 6) is 2.28. The van der Waals surface area contributed by atoms with Crippen molar-refractivity contribution in [1.29, 1.82) is 0 Å². The lowest BCUT2D eigenvalue weighted by Crippen LogP contribution is -2.39. The lowest BCUT2D eigenvalue weighted by atomic mass is 9.95. The second kappa shape index (κ2) is 7.96. The number of H-pyrrole nitrogens is 1. The van der Waals surface area contributed by atoms with Gasteiger partial charge in [0.2, 0.25) is 5.56 Å². The van der Waals surface area contributed by atoms with Crippen molar-refractivity contribution in [1.82, 2.24) is 30.0 Å². The zero-order valence-corrected chi connectivity index (χ0v) is 16.7.